The Bertz CT molecular complexity index is 493. The largest absolute Gasteiger partial charge is 0.382 e. The van der Waals surface area contributed by atoms with Crippen molar-refractivity contribution in [2.75, 3.05) is 40.6 Å². The smallest absolute Gasteiger partial charge is 0.113 e. The van der Waals surface area contributed by atoms with Gasteiger partial charge in [-0.1, -0.05) is 60.7 Å². The van der Waals surface area contributed by atoms with Gasteiger partial charge in [0.05, 0.1) is 26.4 Å². The summed E-state index contributed by atoms with van der Waals surface area (Å²) in [5, 5.41) is 0. The van der Waals surface area contributed by atoms with E-state index in [2.05, 4.69) is 24.3 Å². The zero-order valence-electron chi connectivity index (χ0n) is 14.4. The van der Waals surface area contributed by atoms with Crippen molar-refractivity contribution >= 4 is 0 Å². The van der Waals surface area contributed by atoms with Gasteiger partial charge < -0.3 is 18.9 Å². The number of hydrogen-bond donors (Lipinski definition) is 0. The summed E-state index contributed by atoms with van der Waals surface area (Å²) in [6.45, 7) is 2.10. The molecule has 0 unspecified atom stereocenters. The van der Waals surface area contributed by atoms with E-state index in [-0.39, 0.29) is 12.2 Å². The first kappa shape index (κ1) is 18.6. The average Bonchev–Trinajstić information content (AvgIpc) is 2.65. The van der Waals surface area contributed by atoms with Crippen molar-refractivity contribution < 1.29 is 18.9 Å². The predicted molar refractivity (Wildman–Crippen MR) is 94.0 cm³/mol. The van der Waals surface area contributed by atoms with Crippen LogP contribution in [0.2, 0.25) is 0 Å². The van der Waals surface area contributed by atoms with Crippen LogP contribution < -0.4 is 0 Å². The van der Waals surface area contributed by atoms with Crippen molar-refractivity contribution in [1.29, 1.82) is 0 Å². The topological polar surface area (TPSA) is 36.9 Å². The van der Waals surface area contributed by atoms with Crippen LogP contribution in [0.4, 0.5) is 0 Å². The molecule has 0 spiro atoms. The molecule has 4 heteroatoms. The minimum atomic E-state index is -0.208. The standard InChI is InChI=1S/C20H26O4/c1-21-13-15-23-19(17-9-5-3-6-10-17)20(24-16-14-22-2)18-11-7-4-8-12-18/h3-12,19-20H,13-16H2,1-2H3/t19-,20-/m0/s1. The summed E-state index contributed by atoms with van der Waals surface area (Å²) in [7, 11) is 3.34. The average molecular weight is 330 g/mol. The van der Waals surface area contributed by atoms with Gasteiger partial charge in [-0.25, -0.2) is 0 Å². The van der Waals surface area contributed by atoms with E-state index in [0.717, 1.165) is 11.1 Å². The summed E-state index contributed by atoms with van der Waals surface area (Å²) >= 11 is 0. The third kappa shape index (κ3) is 5.73. The van der Waals surface area contributed by atoms with Gasteiger partial charge in [0.1, 0.15) is 12.2 Å². The lowest BCUT2D eigenvalue weighted by molar-refractivity contribution is -0.0941. The Morgan fingerprint density at radius 3 is 1.29 bits per heavy atom. The molecular weight excluding hydrogens is 304 g/mol. The van der Waals surface area contributed by atoms with Gasteiger partial charge in [0.15, 0.2) is 0 Å². The molecular formula is C20H26O4. The number of hydrogen-bond acceptors (Lipinski definition) is 4. The van der Waals surface area contributed by atoms with Gasteiger partial charge in [-0.05, 0) is 11.1 Å². The SMILES string of the molecule is COCCO[C@@H](c1ccccc1)[C@@H](OCCOC)c1ccccc1. The first-order valence-electron chi connectivity index (χ1n) is 8.17. The fourth-order valence-corrected chi connectivity index (χ4v) is 2.52. The summed E-state index contributed by atoms with van der Waals surface area (Å²) in [6.07, 6.45) is -0.416. The number of benzene rings is 2. The normalized spacial score (nSPS) is 13.6. The first-order chi connectivity index (χ1) is 11.9. The maximum Gasteiger partial charge on any atom is 0.113 e. The summed E-state index contributed by atoms with van der Waals surface area (Å²) in [5.74, 6) is 0. The zero-order chi connectivity index (χ0) is 17.0. The van der Waals surface area contributed by atoms with Crippen LogP contribution in [-0.4, -0.2) is 40.6 Å². The van der Waals surface area contributed by atoms with Crippen molar-refractivity contribution in [1.82, 2.24) is 0 Å². The molecule has 0 fully saturated rings. The van der Waals surface area contributed by atoms with E-state index in [1.54, 1.807) is 14.2 Å². The quantitative estimate of drug-likeness (QED) is 0.587. The molecule has 0 saturated heterocycles. The van der Waals surface area contributed by atoms with Crippen LogP contribution in [0.1, 0.15) is 23.3 Å². The minimum absolute atomic E-state index is 0.208. The van der Waals surface area contributed by atoms with E-state index < -0.39 is 0 Å². The highest BCUT2D eigenvalue weighted by Crippen LogP contribution is 2.35. The highest BCUT2D eigenvalue weighted by atomic mass is 16.6. The molecule has 2 aromatic carbocycles. The van der Waals surface area contributed by atoms with Crippen molar-refractivity contribution in [2.45, 2.75) is 12.2 Å². The van der Waals surface area contributed by atoms with Crippen LogP contribution in [-0.2, 0) is 18.9 Å². The molecule has 0 N–H and O–H groups in total. The van der Waals surface area contributed by atoms with Gasteiger partial charge in [0, 0.05) is 14.2 Å². The lowest BCUT2D eigenvalue weighted by Gasteiger charge is -2.28. The van der Waals surface area contributed by atoms with Gasteiger partial charge in [-0.3, -0.25) is 0 Å². The molecule has 0 aliphatic heterocycles. The van der Waals surface area contributed by atoms with E-state index in [4.69, 9.17) is 18.9 Å². The van der Waals surface area contributed by atoms with Crippen molar-refractivity contribution in [3.05, 3.63) is 71.8 Å². The van der Waals surface area contributed by atoms with E-state index in [9.17, 15) is 0 Å². The summed E-state index contributed by atoms with van der Waals surface area (Å²) in [4.78, 5) is 0. The fraction of sp³-hybridized carbons (Fsp3) is 0.400. The highest BCUT2D eigenvalue weighted by Gasteiger charge is 2.26. The molecule has 2 atom stereocenters. The van der Waals surface area contributed by atoms with E-state index in [1.165, 1.54) is 0 Å². The van der Waals surface area contributed by atoms with Gasteiger partial charge >= 0.3 is 0 Å². The third-order valence-electron chi connectivity index (χ3n) is 3.70. The van der Waals surface area contributed by atoms with Crippen LogP contribution in [0.5, 0.6) is 0 Å². The zero-order valence-corrected chi connectivity index (χ0v) is 14.4. The second kappa shape index (κ2) is 10.9. The molecule has 0 aliphatic rings. The molecule has 0 heterocycles. The van der Waals surface area contributed by atoms with Gasteiger partial charge in [-0.15, -0.1) is 0 Å². The Morgan fingerprint density at radius 2 is 0.958 bits per heavy atom. The molecule has 2 aromatic rings. The molecule has 0 aliphatic carbocycles. The second-order valence-electron chi connectivity index (χ2n) is 5.39. The summed E-state index contributed by atoms with van der Waals surface area (Å²) in [5.41, 5.74) is 2.17. The fourth-order valence-electron chi connectivity index (χ4n) is 2.52. The van der Waals surface area contributed by atoms with E-state index >= 15 is 0 Å². The van der Waals surface area contributed by atoms with Crippen LogP contribution >= 0.6 is 0 Å². The minimum Gasteiger partial charge on any atom is -0.382 e. The van der Waals surface area contributed by atoms with Crippen molar-refractivity contribution in [3.63, 3.8) is 0 Å². The molecule has 24 heavy (non-hydrogen) atoms. The van der Waals surface area contributed by atoms with Crippen LogP contribution in [0.3, 0.4) is 0 Å². The lowest BCUT2D eigenvalue weighted by Crippen LogP contribution is -2.21. The highest BCUT2D eigenvalue weighted by molar-refractivity contribution is 5.25. The Balaban J connectivity index is 2.24. The van der Waals surface area contributed by atoms with Gasteiger partial charge in [0.25, 0.3) is 0 Å². The maximum absolute atomic E-state index is 6.13. The van der Waals surface area contributed by atoms with E-state index in [1.807, 2.05) is 36.4 Å². The number of ether oxygens (including phenoxy) is 4. The Kier molecular flexibility index (Phi) is 8.49. The molecule has 0 bridgehead atoms. The van der Waals surface area contributed by atoms with Crippen LogP contribution in [0.25, 0.3) is 0 Å². The van der Waals surface area contributed by atoms with Gasteiger partial charge in [-0.2, -0.15) is 0 Å². The number of methoxy groups -OCH3 is 2. The molecule has 0 amide bonds. The number of rotatable bonds is 11. The molecule has 0 radical (unpaired) electrons. The van der Waals surface area contributed by atoms with E-state index in [0.29, 0.717) is 26.4 Å². The monoisotopic (exact) mass is 330 g/mol. The molecule has 130 valence electrons. The maximum atomic E-state index is 6.13. The van der Waals surface area contributed by atoms with Crippen LogP contribution in [0, 0.1) is 0 Å². The Hall–Kier alpha value is -1.72. The first-order valence-corrected chi connectivity index (χ1v) is 8.17. The Labute approximate surface area is 144 Å². The molecule has 0 aromatic heterocycles. The third-order valence-corrected chi connectivity index (χ3v) is 3.70. The Morgan fingerprint density at radius 1 is 0.583 bits per heavy atom. The lowest BCUT2D eigenvalue weighted by atomic mass is 9.98. The molecule has 2 rings (SSSR count). The van der Waals surface area contributed by atoms with Crippen LogP contribution in [0.15, 0.2) is 60.7 Å². The van der Waals surface area contributed by atoms with Gasteiger partial charge in [0.2, 0.25) is 0 Å². The molecule has 4 nitrogen and oxygen atoms in total. The summed E-state index contributed by atoms with van der Waals surface area (Å²) in [6, 6.07) is 20.3. The van der Waals surface area contributed by atoms with Crippen molar-refractivity contribution in [2.24, 2.45) is 0 Å². The molecule has 0 saturated carbocycles. The second-order valence-corrected chi connectivity index (χ2v) is 5.39. The van der Waals surface area contributed by atoms with Crippen molar-refractivity contribution in [3.8, 4) is 0 Å². The summed E-state index contributed by atoms with van der Waals surface area (Å²) < 4.78 is 22.5. The predicted octanol–water partition coefficient (Wildman–Crippen LogP) is 3.80.